The van der Waals surface area contributed by atoms with Gasteiger partial charge in [0.2, 0.25) is 0 Å². The Morgan fingerprint density at radius 2 is 1.80 bits per heavy atom. The fraction of sp³-hybridized carbons (Fsp3) is 0.800. The highest BCUT2D eigenvalue weighted by atomic mass is 14.2. The molecule has 0 fully saturated rings. The standard InChI is InChI=1S/C10H20/c1-6-9(3)8-10(4,5)7-2/h8H,6-7H2,1-5H3/b9-8+. The van der Waals surface area contributed by atoms with Gasteiger partial charge in [0, 0.05) is 0 Å². The fourth-order valence-corrected chi connectivity index (χ4v) is 0.871. The third kappa shape index (κ3) is 3.71. The van der Waals surface area contributed by atoms with E-state index < -0.39 is 0 Å². The highest BCUT2D eigenvalue weighted by Gasteiger charge is 2.10. The van der Waals surface area contributed by atoms with Gasteiger partial charge in [0.1, 0.15) is 0 Å². The zero-order valence-corrected chi connectivity index (χ0v) is 7.99. The molecule has 0 bridgehead atoms. The molecule has 0 atom stereocenters. The van der Waals surface area contributed by atoms with Crippen LogP contribution in [0.1, 0.15) is 47.5 Å². The molecule has 0 heteroatoms. The lowest BCUT2D eigenvalue weighted by Gasteiger charge is -2.18. The Morgan fingerprint density at radius 1 is 1.30 bits per heavy atom. The van der Waals surface area contributed by atoms with Gasteiger partial charge in [-0.1, -0.05) is 39.3 Å². The van der Waals surface area contributed by atoms with Crippen molar-refractivity contribution in [1.82, 2.24) is 0 Å². The van der Waals surface area contributed by atoms with E-state index in [1.165, 1.54) is 18.4 Å². The Morgan fingerprint density at radius 3 is 2.10 bits per heavy atom. The molecule has 0 unspecified atom stereocenters. The summed E-state index contributed by atoms with van der Waals surface area (Å²) < 4.78 is 0. The summed E-state index contributed by atoms with van der Waals surface area (Å²) in [6, 6.07) is 0. The SMILES string of the molecule is CC/C(C)=C/C(C)(C)CC. The normalized spacial score (nSPS) is 13.9. The molecule has 0 aromatic heterocycles. The third-order valence-corrected chi connectivity index (χ3v) is 2.11. The van der Waals surface area contributed by atoms with Gasteiger partial charge in [-0.05, 0) is 25.2 Å². The Bertz CT molecular complexity index is 118. The van der Waals surface area contributed by atoms with Crippen molar-refractivity contribution in [2.75, 3.05) is 0 Å². The van der Waals surface area contributed by atoms with E-state index in [9.17, 15) is 0 Å². The van der Waals surface area contributed by atoms with Crippen molar-refractivity contribution in [2.45, 2.75) is 47.5 Å². The average molecular weight is 140 g/mol. The van der Waals surface area contributed by atoms with Gasteiger partial charge in [-0.25, -0.2) is 0 Å². The molecule has 0 aliphatic rings. The van der Waals surface area contributed by atoms with Gasteiger partial charge in [0.05, 0.1) is 0 Å². The highest BCUT2D eigenvalue weighted by molar-refractivity contribution is 5.03. The first-order valence-electron chi connectivity index (χ1n) is 4.20. The van der Waals surface area contributed by atoms with Crippen LogP contribution in [-0.2, 0) is 0 Å². The van der Waals surface area contributed by atoms with E-state index in [-0.39, 0.29) is 0 Å². The Kier molecular flexibility index (Phi) is 3.70. The van der Waals surface area contributed by atoms with Gasteiger partial charge in [-0.15, -0.1) is 0 Å². The predicted molar refractivity (Wildman–Crippen MR) is 48.1 cm³/mol. The first kappa shape index (κ1) is 9.74. The van der Waals surface area contributed by atoms with Crippen molar-refractivity contribution in [3.05, 3.63) is 11.6 Å². The second-order valence-corrected chi connectivity index (χ2v) is 3.69. The van der Waals surface area contributed by atoms with Crippen LogP contribution in [0.3, 0.4) is 0 Å². The molecule has 0 saturated heterocycles. The Labute approximate surface area is 65.3 Å². The van der Waals surface area contributed by atoms with E-state index in [4.69, 9.17) is 0 Å². The maximum absolute atomic E-state index is 2.38. The van der Waals surface area contributed by atoms with E-state index >= 15 is 0 Å². The molecule has 0 spiro atoms. The quantitative estimate of drug-likeness (QED) is 0.523. The number of hydrogen-bond donors (Lipinski definition) is 0. The predicted octanol–water partition coefficient (Wildman–Crippen LogP) is 3.78. The summed E-state index contributed by atoms with van der Waals surface area (Å²) in [6.07, 6.45) is 4.79. The summed E-state index contributed by atoms with van der Waals surface area (Å²) in [6.45, 7) is 11.2. The Hall–Kier alpha value is -0.260. The van der Waals surface area contributed by atoms with Crippen molar-refractivity contribution in [2.24, 2.45) is 5.41 Å². The van der Waals surface area contributed by atoms with E-state index in [1.807, 2.05) is 0 Å². The summed E-state index contributed by atoms with van der Waals surface area (Å²) in [5.41, 5.74) is 1.91. The van der Waals surface area contributed by atoms with Gasteiger partial charge in [0.15, 0.2) is 0 Å². The molecule has 0 heterocycles. The molecular formula is C10H20. The molecule has 0 nitrogen and oxygen atoms in total. The minimum Gasteiger partial charge on any atom is -0.0800 e. The van der Waals surface area contributed by atoms with Crippen LogP contribution in [0.4, 0.5) is 0 Å². The first-order chi connectivity index (χ1) is 4.52. The molecule has 10 heavy (non-hydrogen) atoms. The summed E-state index contributed by atoms with van der Waals surface area (Å²) in [5.74, 6) is 0. The van der Waals surface area contributed by atoms with Crippen molar-refractivity contribution >= 4 is 0 Å². The van der Waals surface area contributed by atoms with Crippen molar-refractivity contribution in [1.29, 1.82) is 0 Å². The van der Waals surface area contributed by atoms with Crippen LogP contribution < -0.4 is 0 Å². The summed E-state index contributed by atoms with van der Waals surface area (Å²) in [5, 5.41) is 0. The van der Waals surface area contributed by atoms with E-state index in [2.05, 4.69) is 40.7 Å². The topological polar surface area (TPSA) is 0 Å². The van der Waals surface area contributed by atoms with Crippen molar-refractivity contribution in [3.63, 3.8) is 0 Å². The molecule has 0 N–H and O–H groups in total. The van der Waals surface area contributed by atoms with Gasteiger partial charge in [-0.2, -0.15) is 0 Å². The van der Waals surface area contributed by atoms with Gasteiger partial charge in [-0.3, -0.25) is 0 Å². The van der Waals surface area contributed by atoms with Crippen LogP contribution in [0.15, 0.2) is 11.6 Å². The second-order valence-electron chi connectivity index (χ2n) is 3.69. The highest BCUT2D eigenvalue weighted by Crippen LogP contribution is 2.23. The van der Waals surface area contributed by atoms with E-state index in [0.717, 1.165) is 0 Å². The molecule has 0 rings (SSSR count). The third-order valence-electron chi connectivity index (χ3n) is 2.11. The molecule has 0 saturated carbocycles. The number of hydrogen-bond acceptors (Lipinski definition) is 0. The van der Waals surface area contributed by atoms with Crippen LogP contribution in [0, 0.1) is 5.41 Å². The van der Waals surface area contributed by atoms with Crippen LogP contribution in [0.5, 0.6) is 0 Å². The van der Waals surface area contributed by atoms with Crippen LogP contribution in [0.2, 0.25) is 0 Å². The first-order valence-corrected chi connectivity index (χ1v) is 4.20. The molecule has 0 radical (unpaired) electrons. The van der Waals surface area contributed by atoms with E-state index in [1.54, 1.807) is 0 Å². The van der Waals surface area contributed by atoms with Crippen molar-refractivity contribution in [3.8, 4) is 0 Å². The summed E-state index contributed by atoms with van der Waals surface area (Å²) in [4.78, 5) is 0. The maximum Gasteiger partial charge on any atom is -0.0175 e. The zero-order chi connectivity index (χ0) is 8.20. The zero-order valence-electron chi connectivity index (χ0n) is 7.99. The van der Waals surface area contributed by atoms with Gasteiger partial charge >= 0.3 is 0 Å². The minimum absolute atomic E-state index is 0.403. The number of allylic oxidation sites excluding steroid dienone is 2. The van der Waals surface area contributed by atoms with Crippen LogP contribution >= 0.6 is 0 Å². The van der Waals surface area contributed by atoms with Crippen LogP contribution in [0.25, 0.3) is 0 Å². The lowest BCUT2D eigenvalue weighted by molar-refractivity contribution is 0.458. The molecule has 0 aliphatic carbocycles. The number of rotatable bonds is 3. The summed E-state index contributed by atoms with van der Waals surface area (Å²) >= 11 is 0. The monoisotopic (exact) mass is 140 g/mol. The summed E-state index contributed by atoms with van der Waals surface area (Å²) in [7, 11) is 0. The largest absolute Gasteiger partial charge is 0.0800 e. The molecule has 0 aromatic rings. The average Bonchev–Trinajstić information content (AvgIpc) is 1.87. The molecule has 0 amide bonds. The minimum atomic E-state index is 0.403. The lowest BCUT2D eigenvalue weighted by atomic mass is 9.88. The molecule has 0 aromatic carbocycles. The second kappa shape index (κ2) is 3.80. The van der Waals surface area contributed by atoms with E-state index in [0.29, 0.717) is 5.41 Å². The van der Waals surface area contributed by atoms with Gasteiger partial charge < -0.3 is 0 Å². The maximum atomic E-state index is 2.38. The van der Waals surface area contributed by atoms with Gasteiger partial charge in [0.25, 0.3) is 0 Å². The van der Waals surface area contributed by atoms with Crippen molar-refractivity contribution < 1.29 is 0 Å². The fourth-order valence-electron chi connectivity index (χ4n) is 0.871. The molecule has 0 aliphatic heterocycles. The molecule has 60 valence electrons. The molecular weight excluding hydrogens is 120 g/mol. The smallest absolute Gasteiger partial charge is 0.0175 e. The lowest BCUT2D eigenvalue weighted by Crippen LogP contribution is -2.05. The Balaban J connectivity index is 4.09. The van der Waals surface area contributed by atoms with Crippen LogP contribution in [-0.4, -0.2) is 0 Å².